The third-order valence-electron chi connectivity index (χ3n) is 3.42. The van der Waals surface area contributed by atoms with Crippen molar-refractivity contribution in [2.75, 3.05) is 0 Å². The quantitative estimate of drug-likeness (QED) is 0.561. The molecule has 0 radical (unpaired) electrons. The normalized spacial score (nSPS) is 10.9. The van der Waals surface area contributed by atoms with Gasteiger partial charge in [0.15, 0.2) is 0 Å². The monoisotopic (exact) mass is 338 g/mol. The van der Waals surface area contributed by atoms with E-state index in [9.17, 15) is 4.79 Å². The summed E-state index contributed by atoms with van der Waals surface area (Å²) in [5.74, 6) is -0.355. The predicted octanol–water partition coefficient (Wildman–Crippen LogP) is 3.80. The van der Waals surface area contributed by atoms with Crippen molar-refractivity contribution in [3.05, 3.63) is 76.4 Å². The van der Waals surface area contributed by atoms with Gasteiger partial charge in [-0.15, -0.1) is 0 Å². The van der Waals surface area contributed by atoms with Gasteiger partial charge >= 0.3 is 0 Å². The van der Waals surface area contributed by atoms with E-state index in [1.165, 1.54) is 5.56 Å². The SMILES string of the molecule is Cc1ccc(/C=N/NC(=O)c2cc(-c3ccc(Cl)cc3)n[nH]2)cc1. The number of nitrogens with one attached hydrogen (secondary N) is 2. The summed E-state index contributed by atoms with van der Waals surface area (Å²) in [6.45, 7) is 2.01. The topological polar surface area (TPSA) is 70.1 Å². The van der Waals surface area contributed by atoms with Gasteiger partial charge in [-0.05, 0) is 30.7 Å². The van der Waals surface area contributed by atoms with Crippen molar-refractivity contribution in [2.45, 2.75) is 6.92 Å². The second-order valence-electron chi connectivity index (χ2n) is 5.28. The molecule has 0 saturated heterocycles. The fourth-order valence-electron chi connectivity index (χ4n) is 2.08. The molecule has 0 aliphatic carbocycles. The van der Waals surface area contributed by atoms with Crippen LogP contribution in [0.1, 0.15) is 21.6 Å². The van der Waals surface area contributed by atoms with Crippen LogP contribution in [0.4, 0.5) is 0 Å². The van der Waals surface area contributed by atoms with Crippen molar-refractivity contribution in [1.29, 1.82) is 0 Å². The average molecular weight is 339 g/mol. The smallest absolute Gasteiger partial charge is 0.272 e. The number of carbonyl (C=O) groups excluding carboxylic acids is 1. The second-order valence-corrected chi connectivity index (χ2v) is 5.72. The first-order valence-electron chi connectivity index (χ1n) is 7.33. The lowest BCUT2D eigenvalue weighted by molar-refractivity contribution is 0.0950. The minimum Gasteiger partial charge on any atom is -0.272 e. The van der Waals surface area contributed by atoms with Gasteiger partial charge in [0, 0.05) is 10.6 Å². The summed E-state index contributed by atoms with van der Waals surface area (Å²) in [4.78, 5) is 12.1. The Labute approximate surface area is 144 Å². The van der Waals surface area contributed by atoms with Gasteiger partial charge < -0.3 is 0 Å². The Hall–Kier alpha value is -2.92. The maximum absolute atomic E-state index is 12.1. The van der Waals surface area contributed by atoms with Gasteiger partial charge in [-0.25, -0.2) is 5.43 Å². The van der Waals surface area contributed by atoms with Crippen molar-refractivity contribution in [3.63, 3.8) is 0 Å². The van der Waals surface area contributed by atoms with Crippen molar-refractivity contribution in [3.8, 4) is 11.3 Å². The lowest BCUT2D eigenvalue weighted by Crippen LogP contribution is -2.17. The van der Waals surface area contributed by atoms with E-state index in [-0.39, 0.29) is 5.91 Å². The van der Waals surface area contributed by atoms with E-state index in [0.29, 0.717) is 16.4 Å². The zero-order valence-electron chi connectivity index (χ0n) is 13.0. The minimum atomic E-state index is -0.355. The van der Waals surface area contributed by atoms with Gasteiger partial charge in [0.2, 0.25) is 0 Å². The van der Waals surface area contributed by atoms with E-state index in [0.717, 1.165) is 11.1 Å². The zero-order chi connectivity index (χ0) is 16.9. The van der Waals surface area contributed by atoms with Crippen LogP contribution in [-0.4, -0.2) is 22.3 Å². The first-order valence-corrected chi connectivity index (χ1v) is 7.71. The van der Waals surface area contributed by atoms with Crippen molar-refractivity contribution >= 4 is 23.7 Å². The first kappa shape index (κ1) is 16.0. The molecule has 0 aliphatic heterocycles. The molecule has 3 rings (SSSR count). The Morgan fingerprint density at radius 3 is 2.58 bits per heavy atom. The van der Waals surface area contributed by atoms with Crippen LogP contribution in [0, 0.1) is 6.92 Å². The average Bonchev–Trinajstić information content (AvgIpc) is 3.07. The molecule has 0 bridgehead atoms. The Balaban J connectivity index is 1.65. The molecular weight excluding hydrogens is 324 g/mol. The van der Waals surface area contributed by atoms with Gasteiger partial charge in [0.25, 0.3) is 5.91 Å². The highest BCUT2D eigenvalue weighted by atomic mass is 35.5. The largest absolute Gasteiger partial charge is 0.289 e. The second kappa shape index (κ2) is 7.10. The lowest BCUT2D eigenvalue weighted by atomic mass is 10.1. The molecule has 0 fully saturated rings. The van der Waals surface area contributed by atoms with Gasteiger partial charge in [0.1, 0.15) is 5.69 Å². The molecule has 1 amide bonds. The van der Waals surface area contributed by atoms with Crippen molar-refractivity contribution < 1.29 is 4.79 Å². The summed E-state index contributed by atoms with van der Waals surface area (Å²) in [7, 11) is 0. The van der Waals surface area contributed by atoms with E-state index < -0.39 is 0 Å². The molecule has 0 saturated carbocycles. The number of hydrazone groups is 1. The number of benzene rings is 2. The van der Waals surface area contributed by atoms with Crippen molar-refractivity contribution in [2.24, 2.45) is 5.10 Å². The predicted molar refractivity (Wildman–Crippen MR) is 95.3 cm³/mol. The van der Waals surface area contributed by atoms with Crippen LogP contribution in [0.25, 0.3) is 11.3 Å². The Morgan fingerprint density at radius 2 is 1.88 bits per heavy atom. The summed E-state index contributed by atoms with van der Waals surface area (Å²) < 4.78 is 0. The molecule has 2 aromatic carbocycles. The molecule has 1 heterocycles. The van der Waals surface area contributed by atoms with Crippen LogP contribution in [0.5, 0.6) is 0 Å². The number of aromatic nitrogens is 2. The van der Waals surface area contributed by atoms with Gasteiger partial charge in [-0.1, -0.05) is 53.6 Å². The summed E-state index contributed by atoms with van der Waals surface area (Å²) >= 11 is 5.86. The maximum atomic E-state index is 12.1. The highest BCUT2D eigenvalue weighted by molar-refractivity contribution is 6.30. The van der Waals surface area contributed by atoms with Crippen LogP contribution in [-0.2, 0) is 0 Å². The molecule has 0 unspecified atom stereocenters. The fraction of sp³-hybridized carbons (Fsp3) is 0.0556. The zero-order valence-corrected chi connectivity index (χ0v) is 13.7. The highest BCUT2D eigenvalue weighted by Gasteiger charge is 2.10. The number of hydrogen-bond acceptors (Lipinski definition) is 3. The lowest BCUT2D eigenvalue weighted by Gasteiger charge is -1.97. The number of aromatic amines is 1. The van der Waals surface area contributed by atoms with Crippen LogP contribution in [0.15, 0.2) is 59.7 Å². The van der Waals surface area contributed by atoms with E-state index in [1.807, 2.05) is 43.3 Å². The maximum Gasteiger partial charge on any atom is 0.289 e. The van der Waals surface area contributed by atoms with Gasteiger partial charge in [0.05, 0.1) is 11.9 Å². The van der Waals surface area contributed by atoms with E-state index in [2.05, 4.69) is 20.7 Å². The number of nitrogens with zero attached hydrogens (tertiary/aromatic N) is 2. The minimum absolute atomic E-state index is 0.334. The molecule has 0 aliphatic rings. The summed E-state index contributed by atoms with van der Waals surface area (Å²) in [5, 5.41) is 11.4. The molecule has 120 valence electrons. The third kappa shape index (κ3) is 3.88. The standard InChI is InChI=1S/C18H15ClN4O/c1-12-2-4-13(5-3-12)11-20-23-18(24)17-10-16(21-22-17)14-6-8-15(19)9-7-14/h2-11H,1H3,(H,21,22)(H,23,24)/b20-11+. The van der Waals surface area contributed by atoms with E-state index in [1.54, 1.807) is 24.4 Å². The molecule has 1 aromatic heterocycles. The Morgan fingerprint density at radius 1 is 1.17 bits per heavy atom. The van der Waals surface area contributed by atoms with Crippen molar-refractivity contribution in [1.82, 2.24) is 15.6 Å². The Bertz CT molecular complexity index is 867. The molecule has 2 N–H and O–H groups in total. The van der Waals surface area contributed by atoms with Crippen LogP contribution in [0.3, 0.4) is 0 Å². The molecular formula is C18H15ClN4O. The molecule has 0 atom stereocenters. The fourth-order valence-corrected chi connectivity index (χ4v) is 2.21. The van der Waals surface area contributed by atoms with Gasteiger partial charge in [-0.3, -0.25) is 9.89 Å². The van der Waals surface area contributed by atoms with Crippen LogP contribution in [0.2, 0.25) is 5.02 Å². The number of hydrogen-bond donors (Lipinski definition) is 2. The van der Waals surface area contributed by atoms with E-state index >= 15 is 0 Å². The first-order chi connectivity index (χ1) is 11.6. The molecule has 5 nitrogen and oxygen atoms in total. The Kier molecular flexibility index (Phi) is 4.72. The molecule has 0 spiro atoms. The summed E-state index contributed by atoms with van der Waals surface area (Å²) in [6.07, 6.45) is 1.59. The number of rotatable bonds is 4. The molecule has 3 aromatic rings. The summed E-state index contributed by atoms with van der Waals surface area (Å²) in [5.41, 5.74) is 6.43. The number of H-pyrrole nitrogens is 1. The number of aryl methyl sites for hydroxylation is 1. The van der Waals surface area contributed by atoms with Crippen LogP contribution < -0.4 is 5.43 Å². The molecule has 24 heavy (non-hydrogen) atoms. The summed E-state index contributed by atoms with van der Waals surface area (Å²) in [6, 6.07) is 16.7. The molecule has 6 heteroatoms. The van der Waals surface area contributed by atoms with Gasteiger partial charge in [-0.2, -0.15) is 10.2 Å². The number of amides is 1. The van der Waals surface area contributed by atoms with Crippen LogP contribution >= 0.6 is 11.6 Å². The number of halogens is 1. The number of carbonyl (C=O) groups is 1. The third-order valence-corrected chi connectivity index (χ3v) is 3.67. The van der Waals surface area contributed by atoms with E-state index in [4.69, 9.17) is 11.6 Å². The highest BCUT2D eigenvalue weighted by Crippen LogP contribution is 2.20.